The van der Waals surface area contributed by atoms with Gasteiger partial charge in [-0.3, -0.25) is 9.59 Å². The summed E-state index contributed by atoms with van der Waals surface area (Å²) in [6, 6.07) is 27.4. The van der Waals surface area contributed by atoms with Gasteiger partial charge in [-0.05, 0) is 42.3 Å². The molecule has 5 rings (SSSR count). The molecule has 1 atom stereocenters. The first-order chi connectivity index (χ1) is 18.5. The minimum absolute atomic E-state index is 0.102. The van der Waals surface area contributed by atoms with E-state index in [0.717, 1.165) is 16.7 Å². The summed E-state index contributed by atoms with van der Waals surface area (Å²) < 4.78 is 0. The molecule has 1 unspecified atom stereocenters. The van der Waals surface area contributed by atoms with Gasteiger partial charge in [0.25, 0.3) is 0 Å². The Morgan fingerprint density at radius 3 is 2.16 bits per heavy atom. The third-order valence-electron chi connectivity index (χ3n) is 6.55. The maximum Gasteiger partial charge on any atom is 0.211 e. The van der Waals surface area contributed by atoms with Crippen molar-refractivity contribution in [2.45, 2.75) is 19.5 Å². The molecule has 3 aromatic carbocycles. The number of nitrogens with one attached hydrogen (secondary N) is 1. The fourth-order valence-electron chi connectivity index (χ4n) is 4.50. The molecule has 0 aliphatic heterocycles. The van der Waals surface area contributed by atoms with E-state index in [1.807, 2.05) is 73.7 Å². The van der Waals surface area contributed by atoms with Crippen molar-refractivity contribution in [1.29, 1.82) is 0 Å². The van der Waals surface area contributed by atoms with Gasteiger partial charge in [0.05, 0.1) is 12.6 Å². The number of allylic oxidation sites excluding steroid dienone is 2. The number of aromatic nitrogens is 1. The number of nitrogens with zero attached hydrogens (tertiary/aromatic N) is 2. The average Bonchev–Trinajstić information content (AvgIpc) is 2.96. The van der Waals surface area contributed by atoms with E-state index in [9.17, 15) is 14.7 Å². The van der Waals surface area contributed by atoms with Gasteiger partial charge in [0.15, 0.2) is 0 Å². The first kappa shape index (κ1) is 25.4. The highest BCUT2D eigenvalue weighted by atomic mass is 35.5. The number of halogens is 1. The smallest absolute Gasteiger partial charge is 0.211 e. The van der Waals surface area contributed by atoms with E-state index in [4.69, 9.17) is 11.6 Å². The molecule has 7 heteroatoms. The fraction of sp³-hybridized carbons (Fsp3) is 0.129. The maximum absolute atomic E-state index is 13.7. The molecular formula is C31H26ClN3O3. The Bertz CT molecular complexity index is 1500. The number of pyridine rings is 1. The Kier molecular flexibility index (Phi) is 7.36. The summed E-state index contributed by atoms with van der Waals surface area (Å²) in [7, 11) is 0. The molecule has 4 aromatic rings. The normalized spacial score (nSPS) is 13.8. The van der Waals surface area contributed by atoms with E-state index in [1.54, 1.807) is 35.4 Å². The van der Waals surface area contributed by atoms with Gasteiger partial charge in [-0.1, -0.05) is 83.9 Å². The molecule has 0 saturated carbocycles. The van der Waals surface area contributed by atoms with Gasteiger partial charge >= 0.3 is 0 Å². The van der Waals surface area contributed by atoms with Crippen LogP contribution in [0, 0.1) is 6.92 Å². The third kappa shape index (κ3) is 5.09. The third-order valence-corrected chi connectivity index (χ3v) is 6.90. The van der Waals surface area contributed by atoms with Crippen LogP contribution in [0.3, 0.4) is 0 Å². The molecule has 1 aliphatic rings. The van der Waals surface area contributed by atoms with Crippen LogP contribution in [-0.4, -0.2) is 28.3 Å². The molecule has 0 fully saturated rings. The lowest BCUT2D eigenvalue weighted by Gasteiger charge is -2.30. The van der Waals surface area contributed by atoms with E-state index in [0.29, 0.717) is 29.2 Å². The molecule has 1 heterocycles. The van der Waals surface area contributed by atoms with Crippen LogP contribution in [0.15, 0.2) is 108 Å². The van der Waals surface area contributed by atoms with Crippen LogP contribution < -0.4 is 10.2 Å². The van der Waals surface area contributed by atoms with Crippen LogP contribution in [0.25, 0.3) is 0 Å². The number of carbonyl (C=O) groups excluding carboxylic acids is 2. The standard InChI is InChI=1S/C31H26ClN3O3/c1-20-9-11-21(12-10-20)18-35(29-28(32)30(37)24-6-2-3-7-25(24)31(29)38)23-15-13-22(14-16-23)26(19-36)34-27-8-4-5-17-33-27/h2-17,26,36H,18-19H2,1H3,(H,33,34). The van der Waals surface area contributed by atoms with E-state index in [1.165, 1.54) is 0 Å². The van der Waals surface area contributed by atoms with Crippen molar-refractivity contribution in [3.63, 3.8) is 0 Å². The molecule has 1 aromatic heterocycles. The topological polar surface area (TPSA) is 82.5 Å². The average molecular weight is 524 g/mol. The monoisotopic (exact) mass is 523 g/mol. The van der Waals surface area contributed by atoms with Crippen LogP contribution in [0.4, 0.5) is 11.5 Å². The van der Waals surface area contributed by atoms with Crippen LogP contribution in [0.1, 0.15) is 43.4 Å². The lowest BCUT2D eigenvalue weighted by atomic mass is 9.91. The van der Waals surface area contributed by atoms with E-state index < -0.39 is 0 Å². The minimum Gasteiger partial charge on any atom is -0.394 e. The Hall–Kier alpha value is -4.26. The van der Waals surface area contributed by atoms with Crippen molar-refractivity contribution < 1.29 is 14.7 Å². The number of aryl methyl sites for hydroxylation is 1. The van der Waals surface area contributed by atoms with Gasteiger partial charge in [0.2, 0.25) is 11.6 Å². The highest BCUT2D eigenvalue weighted by Crippen LogP contribution is 2.35. The number of hydrogen-bond acceptors (Lipinski definition) is 6. The molecule has 38 heavy (non-hydrogen) atoms. The van der Waals surface area contributed by atoms with E-state index in [-0.39, 0.29) is 34.9 Å². The highest BCUT2D eigenvalue weighted by Gasteiger charge is 2.35. The van der Waals surface area contributed by atoms with Crippen molar-refractivity contribution >= 4 is 34.7 Å². The predicted octanol–water partition coefficient (Wildman–Crippen LogP) is 6.07. The minimum atomic E-state index is -0.378. The summed E-state index contributed by atoms with van der Waals surface area (Å²) in [6.45, 7) is 2.21. The summed E-state index contributed by atoms with van der Waals surface area (Å²) in [5.74, 6) is -0.0210. The second kappa shape index (κ2) is 11.0. The lowest BCUT2D eigenvalue weighted by Crippen LogP contribution is -2.33. The predicted molar refractivity (Wildman–Crippen MR) is 149 cm³/mol. The first-order valence-electron chi connectivity index (χ1n) is 12.3. The number of aliphatic hydroxyl groups is 1. The number of aliphatic hydroxyl groups excluding tert-OH is 1. The zero-order valence-corrected chi connectivity index (χ0v) is 21.5. The molecule has 0 bridgehead atoms. The van der Waals surface area contributed by atoms with Crippen molar-refractivity contribution in [3.05, 3.63) is 136 Å². The molecule has 6 nitrogen and oxygen atoms in total. The van der Waals surface area contributed by atoms with Crippen molar-refractivity contribution in [1.82, 2.24) is 4.98 Å². The number of Topliss-reactive ketones (excluding diaryl/α,β-unsaturated/α-hetero) is 2. The number of carbonyl (C=O) groups is 2. The summed E-state index contributed by atoms with van der Waals surface area (Å²) in [5, 5.41) is 13.2. The summed E-state index contributed by atoms with van der Waals surface area (Å²) in [4.78, 5) is 32.9. The Labute approximate surface area is 226 Å². The number of anilines is 2. The van der Waals surface area contributed by atoms with Gasteiger partial charge in [0.1, 0.15) is 16.5 Å². The summed E-state index contributed by atoms with van der Waals surface area (Å²) in [6.07, 6.45) is 1.68. The fourth-order valence-corrected chi connectivity index (χ4v) is 4.79. The van der Waals surface area contributed by atoms with Gasteiger partial charge < -0.3 is 15.3 Å². The van der Waals surface area contributed by atoms with Crippen LogP contribution in [0.5, 0.6) is 0 Å². The second-order valence-corrected chi connectivity index (χ2v) is 9.50. The molecule has 0 amide bonds. The summed E-state index contributed by atoms with van der Waals surface area (Å²) >= 11 is 6.60. The van der Waals surface area contributed by atoms with E-state index in [2.05, 4.69) is 10.3 Å². The van der Waals surface area contributed by atoms with Crippen molar-refractivity contribution in [3.8, 4) is 0 Å². The number of benzene rings is 3. The molecule has 0 radical (unpaired) electrons. The van der Waals surface area contributed by atoms with Crippen LogP contribution >= 0.6 is 11.6 Å². The largest absolute Gasteiger partial charge is 0.394 e. The lowest BCUT2D eigenvalue weighted by molar-refractivity contribution is 0.0978. The Morgan fingerprint density at radius 2 is 1.53 bits per heavy atom. The molecule has 190 valence electrons. The molecule has 2 N–H and O–H groups in total. The number of fused-ring (bicyclic) bond motifs is 1. The molecule has 0 spiro atoms. The van der Waals surface area contributed by atoms with Gasteiger partial charge in [0, 0.05) is 29.6 Å². The highest BCUT2D eigenvalue weighted by molar-refractivity contribution is 6.50. The van der Waals surface area contributed by atoms with Crippen molar-refractivity contribution in [2.75, 3.05) is 16.8 Å². The van der Waals surface area contributed by atoms with Crippen LogP contribution in [-0.2, 0) is 6.54 Å². The van der Waals surface area contributed by atoms with Gasteiger partial charge in [-0.15, -0.1) is 0 Å². The second-order valence-electron chi connectivity index (χ2n) is 9.12. The maximum atomic E-state index is 13.7. The number of hydrogen-bond donors (Lipinski definition) is 2. The first-order valence-corrected chi connectivity index (χ1v) is 12.6. The van der Waals surface area contributed by atoms with E-state index >= 15 is 0 Å². The quantitative estimate of drug-likeness (QED) is 0.291. The molecular weight excluding hydrogens is 498 g/mol. The van der Waals surface area contributed by atoms with Crippen LogP contribution in [0.2, 0.25) is 0 Å². The Balaban J connectivity index is 1.53. The SMILES string of the molecule is Cc1ccc(CN(C2=C(Cl)C(=O)c3ccccc3C2=O)c2ccc(C(CO)Nc3ccccn3)cc2)cc1. The Morgan fingerprint density at radius 1 is 0.868 bits per heavy atom. The van der Waals surface area contributed by atoms with Crippen molar-refractivity contribution in [2.24, 2.45) is 0 Å². The zero-order valence-electron chi connectivity index (χ0n) is 20.8. The number of ketones is 2. The summed E-state index contributed by atoms with van der Waals surface area (Å²) in [5.41, 5.74) is 4.40. The zero-order chi connectivity index (χ0) is 26.6. The van der Waals surface area contributed by atoms with Gasteiger partial charge in [-0.2, -0.15) is 0 Å². The molecule has 1 aliphatic carbocycles. The number of rotatable bonds is 8. The van der Waals surface area contributed by atoms with Gasteiger partial charge in [-0.25, -0.2) is 4.98 Å². The molecule has 0 saturated heterocycles.